The van der Waals surface area contributed by atoms with Crippen LogP contribution in [-0.2, 0) is 28.7 Å². The normalized spacial score (nSPS) is 12.5. The molecule has 0 spiro atoms. The van der Waals surface area contributed by atoms with Crippen molar-refractivity contribution < 1.29 is 45.6 Å². The van der Waals surface area contributed by atoms with Gasteiger partial charge in [0.1, 0.15) is 41.8 Å². The topological polar surface area (TPSA) is 137 Å². The van der Waals surface area contributed by atoms with Crippen molar-refractivity contribution in [1.29, 1.82) is 0 Å². The van der Waals surface area contributed by atoms with Crippen LogP contribution in [0, 0.1) is 0 Å². The highest BCUT2D eigenvalue weighted by Gasteiger charge is 2.44. The van der Waals surface area contributed by atoms with Crippen molar-refractivity contribution in [3.63, 3.8) is 0 Å². The van der Waals surface area contributed by atoms with Gasteiger partial charge in [-0.05, 0) is 55.1 Å². The molecule has 0 fully saturated rings. The van der Waals surface area contributed by atoms with Gasteiger partial charge in [0.05, 0.1) is 19.9 Å². The summed E-state index contributed by atoms with van der Waals surface area (Å²) in [5.74, 6) is -1.84. The van der Waals surface area contributed by atoms with Crippen molar-refractivity contribution in [1.82, 2.24) is 10.6 Å². The summed E-state index contributed by atoms with van der Waals surface area (Å²) in [5, 5.41) is 11.2. The molecule has 0 aliphatic rings. The van der Waals surface area contributed by atoms with Gasteiger partial charge >= 0.3 is 11.9 Å². The monoisotopic (exact) mass is 717 g/mol. The minimum atomic E-state index is -2.10. The van der Waals surface area contributed by atoms with E-state index < -0.39 is 43.1 Å². The molecule has 0 saturated heterocycles. The molecule has 0 bridgehead atoms. The average Bonchev–Trinajstić information content (AvgIpc) is 3.06. The van der Waals surface area contributed by atoms with Gasteiger partial charge in [-0.15, -0.1) is 0 Å². The molecule has 3 aromatic carbocycles. The Morgan fingerprint density at radius 2 is 1.40 bits per heavy atom. The smallest absolute Gasteiger partial charge is 0.325 e. The Labute approximate surface area is 279 Å². The molecule has 2 unspecified atom stereocenters. The summed E-state index contributed by atoms with van der Waals surface area (Å²) in [7, 11) is -0.873. The maximum Gasteiger partial charge on any atom is 0.325 e. The van der Waals surface area contributed by atoms with Gasteiger partial charge < -0.3 is 42.8 Å². The summed E-state index contributed by atoms with van der Waals surface area (Å²) in [6.45, 7) is 1.56. The molecule has 3 rings (SSSR count). The lowest BCUT2D eigenvalue weighted by Gasteiger charge is -2.26. The molecule has 9 nitrogen and oxygen atoms in total. The highest BCUT2D eigenvalue weighted by molar-refractivity contribution is 8.01. The fraction of sp³-hybridized carbons (Fsp3) is 0.303. The van der Waals surface area contributed by atoms with Crippen LogP contribution in [0.3, 0.4) is 0 Å². The zero-order chi connectivity index (χ0) is 31.8. The van der Waals surface area contributed by atoms with Gasteiger partial charge in [0, 0.05) is 12.2 Å². The number of carbonyl (C=O) groups is 4. The number of esters is 2. The molecule has 2 amide bonds. The molecule has 45 heavy (non-hydrogen) atoms. The van der Waals surface area contributed by atoms with Crippen molar-refractivity contribution in [2.45, 2.75) is 31.8 Å². The molecule has 2 atom stereocenters. The number of thiol groups is 1. The van der Waals surface area contributed by atoms with Crippen LogP contribution in [-0.4, -0.2) is 73.4 Å². The number of amides is 2. The predicted octanol–water partition coefficient (Wildman–Crippen LogP) is -1.30. The molecular weight excluding hydrogens is 677 g/mol. The Balaban J connectivity index is 0.00000705. The van der Waals surface area contributed by atoms with Crippen molar-refractivity contribution in [2.75, 3.05) is 32.2 Å². The molecule has 12 heteroatoms. The van der Waals surface area contributed by atoms with Gasteiger partial charge in [0.2, 0.25) is 11.8 Å². The second-order valence-corrected chi connectivity index (χ2v) is 14.5. The lowest BCUT2D eigenvalue weighted by atomic mass is 10.1. The number of methoxy groups -OCH3 is 1. The molecule has 4 N–H and O–H groups in total. The number of carbonyl (C=O) groups excluding carboxylic acids is 4. The van der Waals surface area contributed by atoms with E-state index in [1.54, 1.807) is 6.92 Å². The van der Waals surface area contributed by atoms with Crippen LogP contribution in [0.2, 0.25) is 0 Å². The molecular formula is C33H41BrN3O6PS. The number of halogens is 1. The molecule has 242 valence electrons. The second-order valence-electron chi connectivity index (χ2n) is 9.86. The molecule has 0 radical (unpaired) electrons. The Morgan fingerprint density at radius 1 is 0.889 bits per heavy atom. The van der Waals surface area contributed by atoms with Gasteiger partial charge in [0.25, 0.3) is 0 Å². The summed E-state index contributed by atoms with van der Waals surface area (Å²) in [5.41, 5.74) is 5.77. The third kappa shape index (κ3) is 11.2. The Morgan fingerprint density at radius 3 is 1.87 bits per heavy atom. The van der Waals surface area contributed by atoms with E-state index in [9.17, 15) is 19.2 Å². The lowest BCUT2D eigenvalue weighted by molar-refractivity contribution is -0.143. The first kappa shape index (κ1) is 37.8. The molecule has 0 heterocycles. The zero-order valence-corrected chi connectivity index (χ0v) is 28.8. The first-order valence-electron chi connectivity index (χ1n) is 14.4. The fourth-order valence-electron chi connectivity index (χ4n) is 4.68. The van der Waals surface area contributed by atoms with Crippen LogP contribution < -0.4 is 49.3 Å². The number of rotatable bonds is 16. The first-order chi connectivity index (χ1) is 21.3. The number of hydrogen-bond acceptors (Lipinski definition) is 7. The van der Waals surface area contributed by atoms with E-state index in [0.29, 0.717) is 0 Å². The molecule has 0 aromatic heterocycles. The summed E-state index contributed by atoms with van der Waals surface area (Å²) in [4.78, 5) is 49.3. The maximum absolute atomic E-state index is 13.1. The minimum Gasteiger partial charge on any atom is -1.00 e. The van der Waals surface area contributed by atoms with Gasteiger partial charge in [-0.3, -0.25) is 19.2 Å². The van der Waals surface area contributed by atoms with E-state index >= 15 is 0 Å². The lowest BCUT2D eigenvalue weighted by Crippen LogP contribution is -3.00. The average molecular weight is 719 g/mol. The van der Waals surface area contributed by atoms with Crippen LogP contribution in [0.4, 0.5) is 0 Å². The number of nitrogens with one attached hydrogen (secondary N) is 2. The Hall–Kier alpha value is -3.37. The van der Waals surface area contributed by atoms with Crippen LogP contribution in [0.15, 0.2) is 91.0 Å². The largest absolute Gasteiger partial charge is 1.00 e. The van der Waals surface area contributed by atoms with Gasteiger partial charge in [-0.2, -0.15) is 11.4 Å². The molecule has 0 aliphatic carbocycles. The van der Waals surface area contributed by atoms with Crippen LogP contribution in [0.25, 0.3) is 0 Å². The number of ether oxygens (including phenoxy) is 2. The summed E-state index contributed by atoms with van der Waals surface area (Å²) in [6.07, 6.45) is 0.729. The van der Waals surface area contributed by atoms with Crippen molar-refractivity contribution in [3.8, 4) is 0 Å². The molecule has 0 aliphatic heterocycles. The van der Waals surface area contributed by atoms with E-state index in [0.717, 1.165) is 17.5 Å². The quantitative estimate of drug-likeness (QED) is 0.0626. The van der Waals surface area contributed by atoms with Crippen molar-refractivity contribution in [2.24, 2.45) is 5.73 Å². The number of nitrogens with two attached hydrogens (primary N) is 1. The van der Waals surface area contributed by atoms with Crippen molar-refractivity contribution in [3.05, 3.63) is 91.0 Å². The van der Waals surface area contributed by atoms with E-state index in [1.165, 1.54) is 23.0 Å². The highest BCUT2D eigenvalue weighted by atomic mass is 79.9. The molecule has 0 saturated carbocycles. The fourth-order valence-corrected chi connectivity index (χ4v) is 10.3. The standard InChI is InChI=1S/C33H40N3O6PS.BrH/c1-3-42-31(38)23-35-32(39)29(36-30(37)20-19-28(34)33(40)41-2)24-44-22-21-43(25-13-7-4-8-14-25,26-15-9-5-10-16-26)27-17-11-6-12-18-27;/h4-18,22,28-29,44H,3,19-21,23-24,34H2,1-2H3,(H-,35,36,37,39);1H. The zero-order valence-electron chi connectivity index (χ0n) is 25.4. The van der Waals surface area contributed by atoms with Crippen LogP contribution >= 0.6 is 18.6 Å². The second kappa shape index (κ2) is 19.9. The van der Waals surface area contributed by atoms with Gasteiger partial charge in [-0.1, -0.05) is 54.6 Å². The van der Waals surface area contributed by atoms with E-state index in [1.807, 2.05) is 18.2 Å². The summed E-state index contributed by atoms with van der Waals surface area (Å²) >= 11 is 0.825. The van der Waals surface area contributed by atoms with E-state index in [4.69, 9.17) is 10.5 Å². The van der Waals surface area contributed by atoms with E-state index in [-0.39, 0.29) is 48.7 Å². The van der Waals surface area contributed by atoms with Gasteiger partial charge in [-0.25, -0.2) is 0 Å². The van der Waals surface area contributed by atoms with E-state index in [2.05, 4.69) is 93.5 Å². The van der Waals surface area contributed by atoms with Gasteiger partial charge in [0.15, 0.2) is 0 Å². The highest BCUT2D eigenvalue weighted by Crippen LogP contribution is 2.54. The number of benzene rings is 3. The summed E-state index contributed by atoms with van der Waals surface area (Å²) < 4.78 is 9.53. The first-order valence-corrected chi connectivity index (χ1v) is 17.5. The number of hydrogen-bond donors (Lipinski definition) is 4. The third-order valence-electron chi connectivity index (χ3n) is 6.91. The molecule has 3 aromatic rings. The van der Waals surface area contributed by atoms with Crippen molar-refractivity contribution >= 4 is 63.6 Å². The SMILES string of the molecule is CCOC(=O)CNC(=O)C(C[SH]=CC[P+](c1ccccc1)(c1ccccc1)c1ccccc1)NC(=O)CCC(N)C(=O)OC.[Br-]. The maximum atomic E-state index is 13.1. The predicted molar refractivity (Wildman–Crippen MR) is 181 cm³/mol. The third-order valence-corrected chi connectivity index (χ3v) is 12.5. The Bertz CT molecular complexity index is 1300. The Kier molecular flexibility index (Phi) is 16.7. The minimum absolute atomic E-state index is 0. The van der Waals surface area contributed by atoms with Crippen LogP contribution in [0.1, 0.15) is 19.8 Å². The summed E-state index contributed by atoms with van der Waals surface area (Å²) in [6, 6.07) is 29.5. The van der Waals surface area contributed by atoms with Crippen LogP contribution in [0.5, 0.6) is 0 Å².